The highest BCUT2D eigenvalue weighted by Crippen LogP contribution is 2.30. The van der Waals surface area contributed by atoms with Crippen LogP contribution in [-0.4, -0.2) is 20.2 Å². The molecule has 0 saturated carbocycles. The quantitative estimate of drug-likeness (QED) is 0.869. The van der Waals surface area contributed by atoms with Crippen molar-refractivity contribution in [2.24, 2.45) is 0 Å². The zero-order valence-electron chi connectivity index (χ0n) is 9.60. The molecule has 17 heavy (non-hydrogen) atoms. The van der Waals surface area contributed by atoms with Crippen LogP contribution in [0.2, 0.25) is 0 Å². The minimum Gasteiger partial charge on any atom is -0.380 e. The lowest BCUT2D eigenvalue weighted by Gasteiger charge is -2.26. The van der Waals surface area contributed by atoms with E-state index in [1.807, 2.05) is 19.1 Å². The standard InChI is InChI=1S/C12H14N2O2S/c1-9-4-5-11-12(7-9)17(15,16)8-10(14-11)3-2-6-13/h4-5,7,10,14H,2-3,8H2,1H3. The summed E-state index contributed by atoms with van der Waals surface area (Å²) >= 11 is 0. The molecule has 1 unspecified atom stereocenters. The highest BCUT2D eigenvalue weighted by atomic mass is 32.2. The highest BCUT2D eigenvalue weighted by Gasteiger charge is 2.29. The number of aryl methyl sites for hydroxylation is 1. The first-order chi connectivity index (χ1) is 8.03. The van der Waals surface area contributed by atoms with E-state index in [-0.39, 0.29) is 11.8 Å². The Bertz CT molecular complexity index is 573. The number of nitriles is 1. The maximum Gasteiger partial charge on any atom is 0.182 e. The van der Waals surface area contributed by atoms with E-state index in [0.29, 0.717) is 23.4 Å². The molecular formula is C12H14N2O2S. The molecule has 0 saturated heterocycles. The summed E-state index contributed by atoms with van der Waals surface area (Å²) in [5.41, 5.74) is 1.59. The summed E-state index contributed by atoms with van der Waals surface area (Å²) in [5.74, 6) is 0.0745. The fourth-order valence-corrected chi connectivity index (χ4v) is 3.80. The lowest BCUT2D eigenvalue weighted by Crippen LogP contribution is -2.34. The second-order valence-corrected chi connectivity index (χ2v) is 6.32. The number of hydrogen-bond donors (Lipinski definition) is 1. The van der Waals surface area contributed by atoms with Crippen molar-refractivity contribution in [2.45, 2.75) is 30.7 Å². The molecule has 0 fully saturated rings. The Labute approximate surface area is 101 Å². The zero-order valence-corrected chi connectivity index (χ0v) is 10.4. The van der Waals surface area contributed by atoms with Gasteiger partial charge in [-0.2, -0.15) is 5.26 Å². The largest absolute Gasteiger partial charge is 0.380 e. The van der Waals surface area contributed by atoms with E-state index in [9.17, 15) is 8.42 Å². The SMILES string of the molecule is Cc1ccc2c(c1)S(=O)(=O)CC(CCC#N)N2. The van der Waals surface area contributed by atoms with Gasteiger partial charge in [-0.05, 0) is 31.0 Å². The van der Waals surface area contributed by atoms with Crippen LogP contribution >= 0.6 is 0 Å². The van der Waals surface area contributed by atoms with Gasteiger partial charge in [-0.15, -0.1) is 0 Å². The molecule has 90 valence electrons. The van der Waals surface area contributed by atoms with Crippen LogP contribution in [0.25, 0.3) is 0 Å². The van der Waals surface area contributed by atoms with Gasteiger partial charge in [0, 0.05) is 12.5 Å². The molecular weight excluding hydrogens is 236 g/mol. The summed E-state index contributed by atoms with van der Waals surface area (Å²) < 4.78 is 24.2. The topological polar surface area (TPSA) is 70.0 Å². The predicted octanol–water partition coefficient (Wildman–Crippen LogP) is 1.87. The first-order valence-corrected chi connectivity index (χ1v) is 7.15. The van der Waals surface area contributed by atoms with Crippen molar-refractivity contribution in [1.82, 2.24) is 0 Å². The van der Waals surface area contributed by atoms with Crippen molar-refractivity contribution in [2.75, 3.05) is 11.1 Å². The number of fused-ring (bicyclic) bond motifs is 1. The van der Waals surface area contributed by atoms with Crippen LogP contribution in [0.3, 0.4) is 0 Å². The molecule has 1 aliphatic heterocycles. The van der Waals surface area contributed by atoms with Crippen LogP contribution in [0.15, 0.2) is 23.1 Å². The van der Waals surface area contributed by atoms with Gasteiger partial charge in [-0.25, -0.2) is 8.42 Å². The third kappa shape index (κ3) is 2.42. The van der Waals surface area contributed by atoms with Crippen molar-refractivity contribution in [3.8, 4) is 6.07 Å². The lowest BCUT2D eigenvalue weighted by molar-refractivity contribution is 0.580. The fraction of sp³-hybridized carbons (Fsp3) is 0.417. The lowest BCUT2D eigenvalue weighted by atomic mass is 10.1. The van der Waals surface area contributed by atoms with Gasteiger partial charge in [0.2, 0.25) is 0 Å². The Morgan fingerprint density at radius 2 is 2.29 bits per heavy atom. The van der Waals surface area contributed by atoms with Crippen molar-refractivity contribution < 1.29 is 8.42 Å². The normalized spacial score (nSPS) is 21.1. The van der Waals surface area contributed by atoms with Gasteiger partial charge in [0.05, 0.1) is 22.4 Å². The maximum atomic E-state index is 12.1. The molecule has 0 aliphatic carbocycles. The Hall–Kier alpha value is -1.54. The molecule has 0 amide bonds. The van der Waals surface area contributed by atoms with Crippen molar-refractivity contribution in [1.29, 1.82) is 5.26 Å². The van der Waals surface area contributed by atoms with Gasteiger partial charge in [0.15, 0.2) is 9.84 Å². The van der Waals surface area contributed by atoms with Crippen molar-refractivity contribution in [3.63, 3.8) is 0 Å². The van der Waals surface area contributed by atoms with E-state index in [2.05, 4.69) is 5.32 Å². The fourth-order valence-electron chi connectivity index (χ4n) is 2.02. The molecule has 4 nitrogen and oxygen atoms in total. The van der Waals surface area contributed by atoms with E-state index >= 15 is 0 Å². The molecule has 1 aromatic carbocycles. The summed E-state index contributed by atoms with van der Waals surface area (Å²) in [6.45, 7) is 1.87. The monoisotopic (exact) mass is 250 g/mol. The van der Waals surface area contributed by atoms with Crippen LogP contribution in [-0.2, 0) is 9.84 Å². The average Bonchev–Trinajstić information content (AvgIpc) is 2.27. The molecule has 1 N–H and O–H groups in total. The molecule has 0 radical (unpaired) electrons. The van der Waals surface area contributed by atoms with Crippen LogP contribution in [0.4, 0.5) is 5.69 Å². The minimum absolute atomic E-state index is 0.0745. The summed E-state index contributed by atoms with van der Waals surface area (Å²) in [6.07, 6.45) is 0.928. The maximum absolute atomic E-state index is 12.1. The highest BCUT2D eigenvalue weighted by molar-refractivity contribution is 7.91. The van der Waals surface area contributed by atoms with E-state index in [1.165, 1.54) is 0 Å². The molecule has 1 heterocycles. The van der Waals surface area contributed by atoms with E-state index < -0.39 is 9.84 Å². The second kappa shape index (κ2) is 4.38. The molecule has 0 aromatic heterocycles. The molecule has 2 rings (SSSR count). The molecule has 1 atom stereocenters. The molecule has 1 aliphatic rings. The number of nitrogens with zero attached hydrogens (tertiary/aromatic N) is 1. The van der Waals surface area contributed by atoms with E-state index in [0.717, 1.165) is 5.56 Å². The molecule has 1 aromatic rings. The first kappa shape index (κ1) is 11.9. The minimum atomic E-state index is -3.22. The summed E-state index contributed by atoms with van der Waals surface area (Å²) in [6, 6.07) is 7.25. The van der Waals surface area contributed by atoms with Gasteiger partial charge in [0.1, 0.15) is 0 Å². The predicted molar refractivity (Wildman–Crippen MR) is 65.5 cm³/mol. The van der Waals surface area contributed by atoms with Gasteiger partial charge in [0.25, 0.3) is 0 Å². The number of hydrogen-bond acceptors (Lipinski definition) is 4. The van der Waals surface area contributed by atoms with Crippen LogP contribution in [0.1, 0.15) is 18.4 Å². The first-order valence-electron chi connectivity index (χ1n) is 5.50. The number of anilines is 1. The third-order valence-electron chi connectivity index (χ3n) is 2.86. The third-order valence-corrected chi connectivity index (χ3v) is 4.71. The number of sulfone groups is 1. The number of benzene rings is 1. The van der Waals surface area contributed by atoms with Crippen molar-refractivity contribution >= 4 is 15.5 Å². The number of rotatable bonds is 2. The van der Waals surface area contributed by atoms with Crippen LogP contribution in [0, 0.1) is 18.3 Å². The Balaban J connectivity index is 2.35. The van der Waals surface area contributed by atoms with Crippen molar-refractivity contribution in [3.05, 3.63) is 23.8 Å². The second-order valence-electron chi connectivity index (χ2n) is 4.32. The van der Waals surface area contributed by atoms with E-state index in [1.54, 1.807) is 12.1 Å². The Morgan fingerprint density at radius 1 is 1.53 bits per heavy atom. The summed E-state index contributed by atoms with van der Waals surface area (Å²) in [5, 5.41) is 11.7. The summed E-state index contributed by atoms with van der Waals surface area (Å²) in [7, 11) is -3.22. The number of nitrogens with one attached hydrogen (secondary N) is 1. The van der Waals surface area contributed by atoms with Crippen LogP contribution in [0.5, 0.6) is 0 Å². The average molecular weight is 250 g/mol. The Morgan fingerprint density at radius 3 is 3.00 bits per heavy atom. The van der Waals surface area contributed by atoms with Gasteiger partial charge in [-0.1, -0.05) is 6.07 Å². The smallest absolute Gasteiger partial charge is 0.182 e. The van der Waals surface area contributed by atoms with E-state index in [4.69, 9.17) is 5.26 Å². The molecule has 0 spiro atoms. The zero-order chi connectivity index (χ0) is 12.5. The Kier molecular flexibility index (Phi) is 3.07. The van der Waals surface area contributed by atoms with Gasteiger partial charge >= 0.3 is 0 Å². The van der Waals surface area contributed by atoms with Gasteiger partial charge in [-0.3, -0.25) is 0 Å². The van der Waals surface area contributed by atoms with Crippen LogP contribution < -0.4 is 5.32 Å². The summed E-state index contributed by atoms with van der Waals surface area (Å²) in [4.78, 5) is 0.380. The van der Waals surface area contributed by atoms with Gasteiger partial charge < -0.3 is 5.32 Å². The molecule has 0 bridgehead atoms. The molecule has 5 heteroatoms.